The van der Waals surface area contributed by atoms with E-state index in [-0.39, 0.29) is 25.4 Å². The van der Waals surface area contributed by atoms with Gasteiger partial charge in [-0.1, -0.05) is 12.1 Å². The monoisotopic (exact) mass is 378 g/mol. The minimum absolute atomic E-state index is 0.121. The normalized spacial score (nSPS) is 18.8. The number of carbonyl (C=O) groups excluding carboxylic acids is 1. The fourth-order valence-corrected chi connectivity index (χ4v) is 4.59. The number of halogens is 1. The average molecular weight is 378 g/mol. The maximum atomic E-state index is 13.5. The lowest BCUT2D eigenvalue weighted by molar-refractivity contribution is -0.129. The molecule has 0 saturated carbocycles. The number of nitrogens with zero attached hydrogens (tertiary/aromatic N) is 1. The van der Waals surface area contributed by atoms with Gasteiger partial charge in [0.15, 0.2) is 9.84 Å². The summed E-state index contributed by atoms with van der Waals surface area (Å²) in [5.74, 6) is -1.20. The Morgan fingerprint density at radius 2 is 1.96 bits per heavy atom. The summed E-state index contributed by atoms with van der Waals surface area (Å²) in [6.07, 6.45) is 1.39. The molecule has 0 bridgehead atoms. The van der Waals surface area contributed by atoms with Gasteiger partial charge in [-0.2, -0.15) is 0 Å². The number of nitrogens with one attached hydrogen (secondary N) is 1. The number of sulfonamides is 1. The third kappa shape index (κ3) is 4.52. The minimum Gasteiger partial charge on any atom is -0.341 e. The van der Waals surface area contributed by atoms with Crippen molar-refractivity contribution in [1.29, 1.82) is 0 Å². The van der Waals surface area contributed by atoms with Crippen molar-refractivity contribution in [2.45, 2.75) is 23.0 Å². The summed E-state index contributed by atoms with van der Waals surface area (Å²) >= 11 is 0. The summed E-state index contributed by atoms with van der Waals surface area (Å²) in [6, 6.07) is 4.95. The fourth-order valence-electron chi connectivity index (χ4n) is 2.50. The first-order chi connectivity index (χ1) is 11.1. The number of benzene rings is 1. The van der Waals surface area contributed by atoms with Gasteiger partial charge in [0.25, 0.3) is 0 Å². The topological polar surface area (TPSA) is 101 Å². The zero-order valence-corrected chi connectivity index (χ0v) is 14.7. The van der Waals surface area contributed by atoms with Crippen LogP contribution in [0.5, 0.6) is 0 Å². The summed E-state index contributed by atoms with van der Waals surface area (Å²) < 4.78 is 62.6. The third-order valence-electron chi connectivity index (χ3n) is 3.86. The molecular weight excluding hydrogens is 359 g/mol. The maximum absolute atomic E-state index is 13.5. The molecule has 0 aromatic heterocycles. The molecule has 1 aromatic rings. The van der Waals surface area contributed by atoms with E-state index in [2.05, 4.69) is 4.72 Å². The molecule has 24 heavy (non-hydrogen) atoms. The van der Waals surface area contributed by atoms with E-state index in [1.807, 2.05) is 0 Å². The molecule has 7 nitrogen and oxygen atoms in total. The number of carbonyl (C=O) groups is 1. The molecule has 134 valence electrons. The quantitative estimate of drug-likeness (QED) is 0.759. The summed E-state index contributed by atoms with van der Waals surface area (Å²) in [4.78, 5) is 13.0. The van der Waals surface area contributed by atoms with Crippen LogP contribution in [0.4, 0.5) is 4.39 Å². The first-order valence-electron chi connectivity index (χ1n) is 7.32. The second-order valence-corrected chi connectivity index (χ2v) is 9.72. The van der Waals surface area contributed by atoms with E-state index in [9.17, 15) is 26.0 Å². The van der Waals surface area contributed by atoms with Crippen LogP contribution in [0.3, 0.4) is 0 Å². The molecule has 1 aromatic carbocycles. The van der Waals surface area contributed by atoms with Gasteiger partial charge >= 0.3 is 0 Å². The van der Waals surface area contributed by atoms with Crippen LogP contribution >= 0.6 is 0 Å². The van der Waals surface area contributed by atoms with Crippen LogP contribution in [-0.4, -0.2) is 58.8 Å². The van der Waals surface area contributed by atoms with Gasteiger partial charge in [-0.25, -0.2) is 25.9 Å². The van der Waals surface area contributed by atoms with Crippen molar-refractivity contribution in [2.24, 2.45) is 0 Å². The number of amides is 1. The van der Waals surface area contributed by atoms with E-state index in [0.29, 0.717) is 13.0 Å². The molecule has 1 N–H and O–H groups in total. The zero-order chi connectivity index (χ0) is 18.0. The Labute approximate surface area is 140 Å². The summed E-state index contributed by atoms with van der Waals surface area (Å²) in [6.45, 7) is 0.268. The van der Waals surface area contributed by atoms with E-state index >= 15 is 0 Å². The minimum atomic E-state index is -4.04. The molecule has 1 atom stereocenters. The molecule has 1 saturated heterocycles. The number of rotatable bonds is 6. The van der Waals surface area contributed by atoms with Crippen LogP contribution in [0, 0.1) is 5.82 Å². The highest BCUT2D eigenvalue weighted by atomic mass is 32.2. The Morgan fingerprint density at radius 3 is 2.54 bits per heavy atom. The van der Waals surface area contributed by atoms with Gasteiger partial charge in [-0.15, -0.1) is 0 Å². The predicted octanol–water partition coefficient (Wildman–Crippen LogP) is 0.140. The Balaban J connectivity index is 1.88. The van der Waals surface area contributed by atoms with Gasteiger partial charge in [0.05, 0.1) is 5.25 Å². The van der Waals surface area contributed by atoms with E-state index in [1.165, 1.54) is 17.0 Å². The van der Waals surface area contributed by atoms with Crippen molar-refractivity contribution in [2.75, 3.05) is 25.9 Å². The molecular formula is C14H19FN2O5S2. The van der Waals surface area contributed by atoms with Crippen molar-refractivity contribution in [3.8, 4) is 0 Å². The second-order valence-electron chi connectivity index (χ2n) is 5.66. The smallest absolute Gasteiger partial charge is 0.243 e. The highest BCUT2D eigenvalue weighted by Gasteiger charge is 2.32. The predicted molar refractivity (Wildman–Crippen MR) is 86.0 cm³/mol. The molecule has 1 aliphatic heterocycles. The van der Waals surface area contributed by atoms with Crippen LogP contribution in [0.1, 0.15) is 12.8 Å². The van der Waals surface area contributed by atoms with Crippen molar-refractivity contribution < 1.29 is 26.0 Å². The highest BCUT2D eigenvalue weighted by Crippen LogP contribution is 2.17. The van der Waals surface area contributed by atoms with E-state index < -0.39 is 35.8 Å². The summed E-state index contributed by atoms with van der Waals surface area (Å²) in [7, 11) is -7.24. The molecule has 10 heteroatoms. The molecule has 1 fully saturated rings. The van der Waals surface area contributed by atoms with Crippen LogP contribution in [0.15, 0.2) is 29.2 Å². The standard InChI is InChI=1S/C14H19FN2O5S2/c1-23(19,20)11-7-9-17(10-11)14(18)6-8-16-24(21,22)13-5-3-2-4-12(13)15/h2-5,11,16H,6-10H2,1H3. The molecule has 1 amide bonds. The van der Waals surface area contributed by atoms with E-state index in [0.717, 1.165) is 18.4 Å². The third-order valence-corrected chi connectivity index (χ3v) is 6.95. The molecule has 2 rings (SSSR count). The van der Waals surface area contributed by atoms with E-state index in [4.69, 9.17) is 0 Å². The summed E-state index contributed by atoms with van der Waals surface area (Å²) in [5, 5.41) is -0.573. The lowest BCUT2D eigenvalue weighted by Crippen LogP contribution is -2.34. The van der Waals surface area contributed by atoms with Gasteiger partial charge in [0, 0.05) is 32.3 Å². The van der Waals surface area contributed by atoms with Crippen molar-refractivity contribution in [1.82, 2.24) is 9.62 Å². The molecule has 1 unspecified atom stereocenters. The molecule has 0 spiro atoms. The second kappa shape index (κ2) is 7.16. The van der Waals surface area contributed by atoms with Gasteiger partial charge in [-0.3, -0.25) is 4.79 Å². The van der Waals surface area contributed by atoms with Crippen molar-refractivity contribution in [3.63, 3.8) is 0 Å². The van der Waals surface area contributed by atoms with Crippen LogP contribution in [0.2, 0.25) is 0 Å². The van der Waals surface area contributed by atoms with Gasteiger partial charge in [-0.05, 0) is 18.6 Å². The Kier molecular flexibility index (Phi) is 5.61. The molecule has 0 radical (unpaired) electrons. The fraction of sp³-hybridized carbons (Fsp3) is 0.500. The van der Waals surface area contributed by atoms with Crippen molar-refractivity contribution in [3.05, 3.63) is 30.1 Å². The zero-order valence-electron chi connectivity index (χ0n) is 13.1. The van der Waals surface area contributed by atoms with Crippen molar-refractivity contribution >= 4 is 25.8 Å². The number of sulfone groups is 1. The molecule has 1 heterocycles. The average Bonchev–Trinajstić information content (AvgIpc) is 2.97. The SMILES string of the molecule is CS(=O)(=O)C1CCN(C(=O)CCNS(=O)(=O)c2ccccc2F)C1. The Hall–Kier alpha value is -1.52. The van der Waals surface area contributed by atoms with Gasteiger partial charge in [0.2, 0.25) is 15.9 Å². The number of hydrogen-bond acceptors (Lipinski definition) is 5. The number of hydrogen-bond donors (Lipinski definition) is 1. The van der Waals surface area contributed by atoms with Gasteiger partial charge in [0.1, 0.15) is 10.7 Å². The van der Waals surface area contributed by atoms with Crippen LogP contribution in [0.25, 0.3) is 0 Å². The number of likely N-dealkylation sites (tertiary alicyclic amines) is 1. The first-order valence-corrected chi connectivity index (χ1v) is 10.8. The highest BCUT2D eigenvalue weighted by molar-refractivity contribution is 7.91. The van der Waals surface area contributed by atoms with Crippen LogP contribution < -0.4 is 4.72 Å². The molecule has 1 aliphatic rings. The Morgan fingerprint density at radius 1 is 1.29 bits per heavy atom. The van der Waals surface area contributed by atoms with Gasteiger partial charge < -0.3 is 4.90 Å². The lowest BCUT2D eigenvalue weighted by atomic mass is 10.3. The lowest BCUT2D eigenvalue weighted by Gasteiger charge is -2.16. The van der Waals surface area contributed by atoms with E-state index in [1.54, 1.807) is 0 Å². The largest absolute Gasteiger partial charge is 0.341 e. The Bertz CT molecular complexity index is 823. The first kappa shape index (κ1) is 18.8. The molecule has 0 aliphatic carbocycles. The summed E-state index contributed by atoms with van der Waals surface area (Å²) in [5.41, 5.74) is 0. The maximum Gasteiger partial charge on any atom is 0.243 e. The van der Waals surface area contributed by atoms with Crippen LogP contribution in [-0.2, 0) is 24.7 Å².